The molecule has 11 heavy (non-hydrogen) atoms. The van der Waals surface area contributed by atoms with E-state index in [0.29, 0.717) is 0 Å². The zero-order valence-corrected chi connectivity index (χ0v) is 7.55. The van der Waals surface area contributed by atoms with Crippen molar-refractivity contribution in [1.29, 1.82) is 0 Å². The van der Waals surface area contributed by atoms with Gasteiger partial charge in [-0.15, -0.1) is 0 Å². The molecule has 0 aliphatic heterocycles. The highest BCUT2D eigenvalue weighted by atomic mass is 32.2. The maximum Gasteiger partial charge on any atom is 0.321 e. The summed E-state index contributed by atoms with van der Waals surface area (Å²) in [7, 11) is -3.48. The molecular weight excluding hydrogens is 168 g/mol. The molecule has 0 heterocycles. The summed E-state index contributed by atoms with van der Waals surface area (Å²) in [6, 6.07) is 0. The summed E-state index contributed by atoms with van der Waals surface area (Å²) in [5.74, 6) is -1.29. The van der Waals surface area contributed by atoms with Crippen LogP contribution in [-0.4, -0.2) is 30.0 Å². The van der Waals surface area contributed by atoms with Crippen LogP contribution in [0.25, 0.3) is 0 Å². The second-order valence-corrected chi connectivity index (χ2v) is 5.45. The first kappa shape index (κ1) is 10.4. The maximum atomic E-state index is 11.1. The van der Waals surface area contributed by atoms with Crippen LogP contribution in [0.5, 0.6) is 0 Å². The standard InChI is InChI=1S/C6H12O4S/c1-4(2)11(9,10)5(3)6(7)8/h4-5H,1-3H3,(H,7,8). The van der Waals surface area contributed by atoms with Gasteiger partial charge in [-0.2, -0.15) is 0 Å². The van der Waals surface area contributed by atoms with Crippen molar-refractivity contribution in [3.63, 3.8) is 0 Å². The molecule has 0 saturated heterocycles. The zero-order valence-electron chi connectivity index (χ0n) is 6.73. The lowest BCUT2D eigenvalue weighted by Crippen LogP contribution is -2.32. The summed E-state index contributed by atoms with van der Waals surface area (Å²) in [6.45, 7) is 4.11. The monoisotopic (exact) mass is 180 g/mol. The third kappa shape index (κ3) is 2.18. The Morgan fingerprint density at radius 1 is 1.27 bits per heavy atom. The number of sulfone groups is 1. The molecule has 0 saturated carbocycles. The first-order chi connectivity index (χ1) is 4.80. The number of hydrogen-bond acceptors (Lipinski definition) is 3. The van der Waals surface area contributed by atoms with E-state index in [1.54, 1.807) is 0 Å². The van der Waals surface area contributed by atoms with Crippen LogP contribution in [-0.2, 0) is 14.6 Å². The number of carboxylic acids is 1. The molecule has 0 fully saturated rings. The lowest BCUT2D eigenvalue weighted by molar-refractivity contribution is -0.136. The summed E-state index contributed by atoms with van der Waals surface area (Å²) in [5.41, 5.74) is 0. The first-order valence-electron chi connectivity index (χ1n) is 3.25. The molecule has 0 amide bonds. The Morgan fingerprint density at radius 3 is 1.73 bits per heavy atom. The summed E-state index contributed by atoms with van der Waals surface area (Å²) in [5, 5.41) is 6.45. The van der Waals surface area contributed by atoms with Crippen molar-refractivity contribution in [2.75, 3.05) is 0 Å². The van der Waals surface area contributed by atoms with E-state index in [4.69, 9.17) is 5.11 Å². The SMILES string of the molecule is CC(C)S(=O)(=O)C(C)C(=O)O. The van der Waals surface area contributed by atoms with Crippen LogP contribution in [0.4, 0.5) is 0 Å². The highest BCUT2D eigenvalue weighted by molar-refractivity contribution is 7.93. The number of aliphatic carboxylic acids is 1. The smallest absolute Gasteiger partial charge is 0.321 e. The fourth-order valence-corrected chi connectivity index (χ4v) is 1.65. The van der Waals surface area contributed by atoms with Crippen LogP contribution >= 0.6 is 0 Å². The lowest BCUT2D eigenvalue weighted by Gasteiger charge is -2.10. The van der Waals surface area contributed by atoms with Crippen molar-refractivity contribution in [1.82, 2.24) is 0 Å². The minimum atomic E-state index is -3.48. The number of carboxylic acid groups (broad SMARTS) is 1. The molecular formula is C6H12O4S. The highest BCUT2D eigenvalue weighted by Crippen LogP contribution is 2.08. The van der Waals surface area contributed by atoms with E-state index < -0.39 is 26.3 Å². The van der Waals surface area contributed by atoms with Gasteiger partial charge in [-0.1, -0.05) is 0 Å². The Hall–Kier alpha value is -0.580. The molecule has 1 atom stereocenters. The predicted octanol–water partition coefficient (Wildman–Crippen LogP) is 0.283. The van der Waals surface area contributed by atoms with Crippen LogP contribution in [0.15, 0.2) is 0 Å². The second-order valence-electron chi connectivity index (χ2n) is 2.62. The van der Waals surface area contributed by atoms with Gasteiger partial charge in [0.2, 0.25) is 0 Å². The molecule has 4 nitrogen and oxygen atoms in total. The third-order valence-corrected chi connectivity index (χ3v) is 4.00. The highest BCUT2D eigenvalue weighted by Gasteiger charge is 2.30. The van der Waals surface area contributed by atoms with E-state index in [0.717, 1.165) is 0 Å². The van der Waals surface area contributed by atoms with Crippen LogP contribution < -0.4 is 0 Å². The molecule has 1 unspecified atom stereocenters. The van der Waals surface area contributed by atoms with Gasteiger partial charge < -0.3 is 5.11 Å². The molecule has 5 heteroatoms. The minimum Gasteiger partial charge on any atom is -0.480 e. The second kappa shape index (κ2) is 3.21. The summed E-state index contributed by atoms with van der Waals surface area (Å²) in [6.07, 6.45) is 0. The van der Waals surface area contributed by atoms with E-state index in [1.165, 1.54) is 20.8 Å². The molecule has 0 aliphatic carbocycles. The van der Waals surface area contributed by atoms with E-state index in [2.05, 4.69) is 0 Å². The van der Waals surface area contributed by atoms with Crippen molar-refractivity contribution in [3.8, 4) is 0 Å². The first-order valence-corrected chi connectivity index (χ1v) is 4.86. The van der Waals surface area contributed by atoms with E-state index in [-0.39, 0.29) is 0 Å². The van der Waals surface area contributed by atoms with Gasteiger partial charge in [-0.05, 0) is 20.8 Å². The topological polar surface area (TPSA) is 71.4 Å². The molecule has 0 radical (unpaired) electrons. The van der Waals surface area contributed by atoms with Crippen LogP contribution in [0.3, 0.4) is 0 Å². The molecule has 1 N–H and O–H groups in total. The van der Waals surface area contributed by atoms with Crippen LogP contribution in [0.2, 0.25) is 0 Å². The number of hydrogen-bond donors (Lipinski definition) is 1. The lowest BCUT2D eigenvalue weighted by atomic mass is 10.5. The van der Waals surface area contributed by atoms with Gasteiger partial charge in [0.05, 0.1) is 5.25 Å². The van der Waals surface area contributed by atoms with Gasteiger partial charge in [0.25, 0.3) is 0 Å². The Morgan fingerprint density at radius 2 is 1.64 bits per heavy atom. The quantitative estimate of drug-likeness (QED) is 0.677. The Bertz CT molecular complexity index is 239. The van der Waals surface area contributed by atoms with Gasteiger partial charge in [-0.3, -0.25) is 4.79 Å². The van der Waals surface area contributed by atoms with E-state index in [9.17, 15) is 13.2 Å². The predicted molar refractivity (Wildman–Crippen MR) is 41.2 cm³/mol. The van der Waals surface area contributed by atoms with E-state index in [1.807, 2.05) is 0 Å². The third-order valence-electron chi connectivity index (χ3n) is 1.50. The average Bonchev–Trinajstić information content (AvgIpc) is 1.85. The van der Waals surface area contributed by atoms with Crippen molar-refractivity contribution in [2.45, 2.75) is 31.3 Å². The van der Waals surface area contributed by atoms with Crippen molar-refractivity contribution in [2.24, 2.45) is 0 Å². The number of carbonyl (C=O) groups is 1. The Kier molecular flexibility index (Phi) is 3.04. The molecule has 0 aromatic carbocycles. The average molecular weight is 180 g/mol. The van der Waals surface area contributed by atoms with Crippen molar-refractivity contribution in [3.05, 3.63) is 0 Å². The van der Waals surface area contributed by atoms with Gasteiger partial charge >= 0.3 is 5.97 Å². The van der Waals surface area contributed by atoms with Crippen LogP contribution in [0, 0.1) is 0 Å². The Balaban J connectivity index is 4.72. The number of rotatable bonds is 3. The maximum absolute atomic E-state index is 11.1. The molecule has 0 bridgehead atoms. The van der Waals surface area contributed by atoms with Gasteiger partial charge in [0, 0.05) is 0 Å². The molecule has 0 rings (SSSR count). The largest absolute Gasteiger partial charge is 0.480 e. The van der Waals surface area contributed by atoms with E-state index >= 15 is 0 Å². The van der Waals surface area contributed by atoms with Gasteiger partial charge in [0.1, 0.15) is 0 Å². The normalized spacial score (nSPS) is 14.9. The van der Waals surface area contributed by atoms with Crippen molar-refractivity contribution < 1.29 is 18.3 Å². The Labute approximate surface area is 66.1 Å². The van der Waals surface area contributed by atoms with Crippen molar-refractivity contribution >= 4 is 15.8 Å². The molecule has 0 aliphatic rings. The molecule has 0 spiro atoms. The van der Waals surface area contributed by atoms with Crippen LogP contribution in [0.1, 0.15) is 20.8 Å². The summed E-state index contributed by atoms with van der Waals surface area (Å²) >= 11 is 0. The zero-order chi connectivity index (χ0) is 9.23. The molecule has 0 aromatic heterocycles. The fourth-order valence-electron chi connectivity index (χ4n) is 0.549. The van der Waals surface area contributed by atoms with Gasteiger partial charge in [0.15, 0.2) is 15.1 Å². The van der Waals surface area contributed by atoms with Gasteiger partial charge in [-0.25, -0.2) is 8.42 Å². The minimum absolute atomic E-state index is 0.631. The fraction of sp³-hybridized carbons (Fsp3) is 0.833. The molecule has 0 aromatic rings. The summed E-state index contributed by atoms with van der Waals surface area (Å²) < 4.78 is 22.2. The molecule has 66 valence electrons. The summed E-state index contributed by atoms with van der Waals surface area (Å²) in [4.78, 5) is 10.3.